The number of thiophene rings is 1. The summed E-state index contributed by atoms with van der Waals surface area (Å²) in [5.74, 6) is -0.00650. The average molecular weight is 430 g/mol. The van der Waals surface area contributed by atoms with E-state index in [1.54, 1.807) is 11.3 Å². The summed E-state index contributed by atoms with van der Waals surface area (Å²) in [5, 5.41) is 6.24. The maximum atomic E-state index is 12.9. The van der Waals surface area contributed by atoms with Crippen LogP contribution in [0.1, 0.15) is 17.2 Å². The van der Waals surface area contributed by atoms with E-state index in [0.717, 1.165) is 42.5 Å². The molecule has 0 spiro atoms. The summed E-state index contributed by atoms with van der Waals surface area (Å²) in [4.78, 5) is 4.70. The van der Waals surface area contributed by atoms with Crippen molar-refractivity contribution in [2.24, 2.45) is 0 Å². The highest BCUT2D eigenvalue weighted by Crippen LogP contribution is 2.25. The highest BCUT2D eigenvalue weighted by atomic mass is 32.2. The van der Waals surface area contributed by atoms with Gasteiger partial charge in [0, 0.05) is 38.8 Å². The Labute approximate surface area is 177 Å². The first-order valence-electron chi connectivity index (χ1n) is 9.90. The molecular weight excluding hydrogens is 402 g/mol. The summed E-state index contributed by atoms with van der Waals surface area (Å²) in [6, 6.07) is 15.9. The van der Waals surface area contributed by atoms with E-state index in [1.807, 2.05) is 42.5 Å². The molecule has 2 heterocycles. The third kappa shape index (κ3) is 5.05. The van der Waals surface area contributed by atoms with E-state index in [0.29, 0.717) is 6.54 Å². The lowest BCUT2D eigenvalue weighted by molar-refractivity contribution is 0.113. The van der Waals surface area contributed by atoms with Gasteiger partial charge >= 0.3 is 0 Å². The van der Waals surface area contributed by atoms with E-state index in [1.165, 1.54) is 5.56 Å². The number of fused-ring (bicyclic) bond motifs is 1. The van der Waals surface area contributed by atoms with Crippen LogP contribution in [-0.4, -0.2) is 58.0 Å². The second-order valence-corrected chi connectivity index (χ2v) is 10.2. The molecule has 1 N–H and O–H groups in total. The lowest BCUT2D eigenvalue weighted by Gasteiger charge is -2.38. The Hall–Kier alpha value is -1.77. The van der Waals surface area contributed by atoms with Crippen LogP contribution in [0.25, 0.3) is 10.8 Å². The Bertz CT molecular complexity index is 1040. The standard InChI is InChI=1S/C22H27N3O2S2/c1-24-10-12-25(13-11-24)22(19-9-14-28-16-19)15-23-29(26,27)17-20-7-4-6-18-5-2-3-8-21(18)20/h2-9,14,16,22-23H,10-13,15,17H2,1H3. The highest BCUT2D eigenvalue weighted by Gasteiger charge is 2.26. The molecule has 0 bridgehead atoms. The van der Waals surface area contributed by atoms with Crippen molar-refractivity contribution in [2.45, 2.75) is 11.8 Å². The molecule has 1 aromatic heterocycles. The average Bonchev–Trinajstić information content (AvgIpc) is 3.24. The fraction of sp³-hybridized carbons (Fsp3) is 0.364. The molecular formula is C22H27N3O2S2. The lowest BCUT2D eigenvalue weighted by atomic mass is 10.1. The fourth-order valence-corrected chi connectivity index (χ4v) is 5.82. The number of nitrogens with one attached hydrogen (secondary N) is 1. The van der Waals surface area contributed by atoms with Crippen LogP contribution in [0.2, 0.25) is 0 Å². The van der Waals surface area contributed by atoms with Crippen molar-refractivity contribution < 1.29 is 8.42 Å². The summed E-state index contributed by atoms with van der Waals surface area (Å²) < 4.78 is 28.7. The van der Waals surface area contributed by atoms with Gasteiger partial charge in [-0.1, -0.05) is 42.5 Å². The van der Waals surface area contributed by atoms with Crippen LogP contribution in [0.4, 0.5) is 0 Å². The number of hydrogen-bond acceptors (Lipinski definition) is 5. The smallest absolute Gasteiger partial charge is 0.215 e. The van der Waals surface area contributed by atoms with Crippen molar-refractivity contribution in [3.63, 3.8) is 0 Å². The van der Waals surface area contributed by atoms with Crippen molar-refractivity contribution >= 4 is 32.1 Å². The zero-order valence-corrected chi connectivity index (χ0v) is 18.3. The molecule has 154 valence electrons. The van der Waals surface area contributed by atoms with Gasteiger partial charge in [-0.2, -0.15) is 11.3 Å². The van der Waals surface area contributed by atoms with Gasteiger partial charge < -0.3 is 4.90 Å². The molecule has 1 fully saturated rings. The van der Waals surface area contributed by atoms with Crippen LogP contribution in [-0.2, 0) is 15.8 Å². The van der Waals surface area contributed by atoms with Crippen LogP contribution in [0, 0.1) is 0 Å². The first-order valence-corrected chi connectivity index (χ1v) is 12.5. The summed E-state index contributed by atoms with van der Waals surface area (Å²) in [7, 11) is -1.32. The van der Waals surface area contributed by atoms with Gasteiger partial charge in [0.25, 0.3) is 0 Å². The molecule has 1 saturated heterocycles. The predicted molar refractivity (Wildman–Crippen MR) is 121 cm³/mol. The quantitative estimate of drug-likeness (QED) is 0.626. The molecule has 0 radical (unpaired) electrons. The van der Waals surface area contributed by atoms with Gasteiger partial charge in [-0.05, 0) is 45.8 Å². The largest absolute Gasteiger partial charge is 0.304 e. The van der Waals surface area contributed by atoms with Gasteiger partial charge in [-0.3, -0.25) is 4.90 Å². The maximum absolute atomic E-state index is 12.9. The third-order valence-corrected chi connectivity index (χ3v) is 7.63. The van der Waals surface area contributed by atoms with E-state index < -0.39 is 10.0 Å². The minimum absolute atomic E-state index is 0.00650. The first kappa shape index (κ1) is 20.5. The number of benzene rings is 2. The molecule has 4 rings (SSSR count). The topological polar surface area (TPSA) is 52.6 Å². The second kappa shape index (κ2) is 8.93. The third-order valence-electron chi connectivity index (χ3n) is 5.63. The van der Waals surface area contributed by atoms with Gasteiger partial charge in [0.15, 0.2) is 0 Å². The molecule has 3 aromatic rings. The maximum Gasteiger partial charge on any atom is 0.215 e. The summed E-state index contributed by atoms with van der Waals surface area (Å²) in [5.41, 5.74) is 2.02. The van der Waals surface area contributed by atoms with Gasteiger partial charge in [-0.25, -0.2) is 13.1 Å². The Morgan fingerprint density at radius 2 is 1.79 bits per heavy atom. The van der Waals surface area contributed by atoms with Crippen LogP contribution >= 0.6 is 11.3 Å². The van der Waals surface area contributed by atoms with Crippen molar-refractivity contribution in [2.75, 3.05) is 39.8 Å². The van der Waals surface area contributed by atoms with E-state index in [9.17, 15) is 8.42 Å². The predicted octanol–water partition coefficient (Wildman–Crippen LogP) is 3.31. The van der Waals surface area contributed by atoms with Crippen LogP contribution in [0.5, 0.6) is 0 Å². The number of hydrogen-bond donors (Lipinski definition) is 1. The fourth-order valence-electron chi connectivity index (χ4n) is 3.94. The molecule has 29 heavy (non-hydrogen) atoms. The van der Waals surface area contributed by atoms with Gasteiger partial charge in [0.2, 0.25) is 10.0 Å². The van der Waals surface area contributed by atoms with Crippen LogP contribution < -0.4 is 4.72 Å². The number of nitrogens with zero attached hydrogens (tertiary/aromatic N) is 2. The minimum Gasteiger partial charge on any atom is -0.304 e. The molecule has 2 aromatic carbocycles. The molecule has 0 aliphatic carbocycles. The lowest BCUT2D eigenvalue weighted by Crippen LogP contribution is -2.48. The zero-order valence-electron chi connectivity index (χ0n) is 16.6. The summed E-state index contributed by atoms with van der Waals surface area (Å²) in [6.07, 6.45) is 0. The van der Waals surface area contributed by atoms with Crippen molar-refractivity contribution in [1.29, 1.82) is 0 Å². The number of rotatable bonds is 7. The first-order chi connectivity index (χ1) is 14.0. The number of sulfonamides is 1. The van der Waals surface area contributed by atoms with Crippen LogP contribution in [0.15, 0.2) is 59.3 Å². The van der Waals surface area contributed by atoms with Gasteiger partial charge in [-0.15, -0.1) is 0 Å². The molecule has 1 unspecified atom stereocenters. The van der Waals surface area contributed by atoms with E-state index in [-0.39, 0.29) is 11.8 Å². The van der Waals surface area contributed by atoms with Gasteiger partial charge in [0.05, 0.1) is 5.75 Å². The Morgan fingerprint density at radius 1 is 1.03 bits per heavy atom. The van der Waals surface area contributed by atoms with Crippen molar-refractivity contribution in [3.05, 3.63) is 70.4 Å². The monoisotopic (exact) mass is 429 g/mol. The normalized spacial score (nSPS) is 17.6. The molecule has 5 nitrogen and oxygen atoms in total. The Balaban J connectivity index is 1.49. The molecule has 1 atom stereocenters. The zero-order chi connectivity index (χ0) is 20.3. The number of piperazine rings is 1. The van der Waals surface area contributed by atoms with Crippen molar-refractivity contribution in [1.82, 2.24) is 14.5 Å². The Kier molecular flexibility index (Phi) is 6.32. The number of likely N-dealkylation sites (N-methyl/N-ethyl adjacent to an activating group) is 1. The summed E-state index contributed by atoms with van der Waals surface area (Å²) in [6.45, 7) is 4.30. The van der Waals surface area contributed by atoms with E-state index in [4.69, 9.17) is 0 Å². The van der Waals surface area contributed by atoms with Crippen molar-refractivity contribution in [3.8, 4) is 0 Å². The SMILES string of the molecule is CN1CCN(C(CNS(=O)(=O)Cc2cccc3ccccc23)c2ccsc2)CC1. The van der Waals surface area contributed by atoms with Gasteiger partial charge in [0.1, 0.15) is 0 Å². The molecule has 0 saturated carbocycles. The summed E-state index contributed by atoms with van der Waals surface area (Å²) >= 11 is 1.66. The van der Waals surface area contributed by atoms with E-state index in [2.05, 4.69) is 38.4 Å². The molecule has 1 aliphatic heterocycles. The minimum atomic E-state index is -3.45. The molecule has 1 aliphatic rings. The highest BCUT2D eigenvalue weighted by molar-refractivity contribution is 7.88. The Morgan fingerprint density at radius 3 is 2.55 bits per heavy atom. The van der Waals surface area contributed by atoms with Crippen LogP contribution in [0.3, 0.4) is 0 Å². The second-order valence-electron chi connectivity index (χ2n) is 7.66. The van der Waals surface area contributed by atoms with E-state index >= 15 is 0 Å². The molecule has 7 heteroatoms. The molecule has 0 amide bonds.